The number of hydrogen-bond acceptors (Lipinski definition) is 4. The number of amides is 1. The predicted octanol–water partition coefficient (Wildman–Crippen LogP) is 0.626. The van der Waals surface area contributed by atoms with Crippen LogP contribution in [0.4, 0.5) is 11.5 Å². The van der Waals surface area contributed by atoms with E-state index in [1.807, 2.05) is 24.8 Å². The number of nitrogens with zero attached hydrogens (tertiary/aromatic N) is 2. The Morgan fingerprint density at radius 3 is 2.75 bits per heavy atom. The summed E-state index contributed by atoms with van der Waals surface area (Å²) in [5, 5.41) is 2.77. The fourth-order valence-corrected chi connectivity index (χ4v) is 1.40. The van der Waals surface area contributed by atoms with Gasteiger partial charge in [0.1, 0.15) is 5.82 Å². The zero-order valence-electron chi connectivity index (χ0n) is 9.73. The lowest BCUT2D eigenvalue weighted by Crippen LogP contribution is -2.37. The van der Waals surface area contributed by atoms with Gasteiger partial charge in [-0.1, -0.05) is 0 Å². The van der Waals surface area contributed by atoms with Gasteiger partial charge in [0.25, 0.3) is 0 Å². The molecule has 5 nitrogen and oxygen atoms in total. The lowest BCUT2D eigenvalue weighted by Gasteiger charge is -2.21. The molecule has 0 unspecified atom stereocenters. The minimum absolute atomic E-state index is 0.0150. The number of aromatic nitrogens is 1. The second-order valence-electron chi connectivity index (χ2n) is 3.41. The molecule has 1 aromatic rings. The topological polar surface area (TPSA) is 71.2 Å². The third kappa shape index (κ3) is 3.42. The Bertz CT molecular complexity index is 336. The second kappa shape index (κ2) is 5.95. The highest BCUT2D eigenvalue weighted by Gasteiger charge is 2.09. The lowest BCUT2D eigenvalue weighted by molar-refractivity contribution is -0.119. The molecule has 1 amide bonds. The smallest absolute Gasteiger partial charge is 0.239 e. The molecule has 0 saturated carbocycles. The van der Waals surface area contributed by atoms with Crippen molar-refractivity contribution in [3.63, 3.8) is 0 Å². The number of rotatable bonds is 5. The van der Waals surface area contributed by atoms with E-state index in [0.717, 1.165) is 12.2 Å². The molecule has 0 atom stereocenters. The number of nitrogens with two attached hydrogens (primary N) is 1. The maximum atomic E-state index is 11.5. The highest BCUT2D eigenvalue weighted by molar-refractivity contribution is 5.81. The Labute approximate surface area is 95.7 Å². The van der Waals surface area contributed by atoms with Gasteiger partial charge in [0, 0.05) is 13.1 Å². The third-order valence-electron chi connectivity index (χ3n) is 2.23. The van der Waals surface area contributed by atoms with Gasteiger partial charge >= 0.3 is 0 Å². The Kier molecular flexibility index (Phi) is 4.57. The average Bonchev–Trinajstić information content (AvgIpc) is 2.27. The third-order valence-corrected chi connectivity index (χ3v) is 2.23. The minimum atomic E-state index is 0.0150. The number of likely N-dealkylation sites (N-methyl/N-ethyl adjacent to an activating group) is 2. The van der Waals surface area contributed by atoms with Crippen LogP contribution in [-0.4, -0.2) is 30.5 Å². The number of carbonyl (C=O) groups is 1. The van der Waals surface area contributed by atoms with Gasteiger partial charge in [0.05, 0.1) is 18.4 Å². The standard InChI is InChI=1S/C11H18N4O/c1-3-13-11(16)8-15(4-2)9-5-6-10(12)14-7-9/h5-7H,3-4,8H2,1-2H3,(H2,12,14)(H,13,16). The van der Waals surface area contributed by atoms with Crippen molar-refractivity contribution in [3.05, 3.63) is 18.3 Å². The highest BCUT2D eigenvalue weighted by Crippen LogP contribution is 2.12. The van der Waals surface area contributed by atoms with Gasteiger partial charge in [-0.2, -0.15) is 0 Å². The van der Waals surface area contributed by atoms with Crippen LogP contribution in [0.2, 0.25) is 0 Å². The molecule has 0 radical (unpaired) electrons. The molecule has 1 heterocycles. The fraction of sp³-hybridized carbons (Fsp3) is 0.455. The van der Waals surface area contributed by atoms with E-state index in [2.05, 4.69) is 10.3 Å². The first-order valence-corrected chi connectivity index (χ1v) is 5.40. The zero-order valence-corrected chi connectivity index (χ0v) is 9.73. The van der Waals surface area contributed by atoms with Crippen LogP contribution in [0.15, 0.2) is 18.3 Å². The number of hydrogen-bond donors (Lipinski definition) is 2. The van der Waals surface area contributed by atoms with Gasteiger partial charge in [0.2, 0.25) is 5.91 Å². The SMILES string of the molecule is CCNC(=O)CN(CC)c1ccc(N)nc1. The molecule has 0 aliphatic carbocycles. The van der Waals surface area contributed by atoms with Crippen molar-refractivity contribution in [1.82, 2.24) is 10.3 Å². The molecule has 3 N–H and O–H groups in total. The van der Waals surface area contributed by atoms with Crippen LogP contribution >= 0.6 is 0 Å². The summed E-state index contributed by atoms with van der Waals surface area (Å²) in [5.74, 6) is 0.499. The molecule has 0 aliphatic heterocycles. The van der Waals surface area contributed by atoms with Crippen LogP contribution in [0.5, 0.6) is 0 Å². The predicted molar refractivity (Wildman–Crippen MR) is 65.2 cm³/mol. The van der Waals surface area contributed by atoms with Crippen LogP contribution in [0.1, 0.15) is 13.8 Å². The maximum absolute atomic E-state index is 11.5. The molecule has 0 fully saturated rings. The summed E-state index contributed by atoms with van der Waals surface area (Å²) in [6.07, 6.45) is 1.68. The second-order valence-corrected chi connectivity index (χ2v) is 3.41. The van der Waals surface area contributed by atoms with Gasteiger partial charge < -0.3 is 16.0 Å². The van der Waals surface area contributed by atoms with Crippen molar-refractivity contribution in [1.29, 1.82) is 0 Å². The molecule has 1 rings (SSSR count). The van der Waals surface area contributed by atoms with E-state index in [1.54, 1.807) is 12.3 Å². The monoisotopic (exact) mass is 222 g/mol. The first-order chi connectivity index (χ1) is 7.67. The molecule has 0 bridgehead atoms. The molecule has 0 spiro atoms. The van der Waals surface area contributed by atoms with Gasteiger partial charge in [-0.15, -0.1) is 0 Å². The number of pyridine rings is 1. The van der Waals surface area contributed by atoms with Crippen molar-refractivity contribution >= 4 is 17.4 Å². The normalized spacial score (nSPS) is 9.88. The van der Waals surface area contributed by atoms with Crippen molar-refractivity contribution < 1.29 is 4.79 Å². The summed E-state index contributed by atoms with van der Waals surface area (Å²) in [6, 6.07) is 3.60. The minimum Gasteiger partial charge on any atom is -0.384 e. The summed E-state index contributed by atoms with van der Waals surface area (Å²) in [5.41, 5.74) is 6.41. The summed E-state index contributed by atoms with van der Waals surface area (Å²) in [7, 11) is 0. The largest absolute Gasteiger partial charge is 0.384 e. The molecule has 1 aromatic heterocycles. The van der Waals surface area contributed by atoms with E-state index < -0.39 is 0 Å². The lowest BCUT2D eigenvalue weighted by atomic mass is 10.3. The Morgan fingerprint density at radius 1 is 1.50 bits per heavy atom. The van der Waals surface area contributed by atoms with Gasteiger partial charge in [-0.3, -0.25) is 4.79 Å². The first-order valence-electron chi connectivity index (χ1n) is 5.40. The van der Waals surface area contributed by atoms with E-state index in [4.69, 9.17) is 5.73 Å². The molecule has 0 aliphatic rings. The van der Waals surface area contributed by atoms with Gasteiger partial charge in [-0.25, -0.2) is 4.98 Å². The zero-order chi connectivity index (χ0) is 12.0. The molecular formula is C11H18N4O. The number of anilines is 2. The Balaban J connectivity index is 2.67. The number of nitrogen functional groups attached to an aromatic ring is 1. The molecular weight excluding hydrogens is 204 g/mol. The highest BCUT2D eigenvalue weighted by atomic mass is 16.2. The molecule has 0 aromatic carbocycles. The van der Waals surface area contributed by atoms with Crippen molar-refractivity contribution in [2.75, 3.05) is 30.3 Å². The average molecular weight is 222 g/mol. The maximum Gasteiger partial charge on any atom is 0.239 e. The molecule has 0 saturated heterocycles. The molecule has 88 valence electrons. The van der Waals surface area contributed by atoms with Crippen molar-refractivity contribution in [2.45, 2.75) is 13.8 Å². The summed E-state index contributed by atoms with van der Waals surface area (Å²) in [4.78, 5) is 17.4. The van der Waals surface area contributed by atoms with Crippen LogP contribution in [0, 0.1) is 0 Å². The molecule has 16 heavy (non-hydrogen) atoms. The van der Waals surface area contributed by atoms with Crippen molar-refractivity contribution in [3.8, 4) is 0 Å². The van der Waals surface area contributed by atoms with E-state index in [9.17, 15) is 4.79 Å². The first kappa shape index (κ1) is 12.3. The summed E-state index contributed by atoms with van der Waals surface area (Å²) in [6.45, 7) is 5.64. The van der Waals surface area contributed by atoms with Crippen LogP contribution in [0.25, 0.3) is 0 Å². The summed E-state index contributed by atoms with van der Waals surface area (Å²) < 4.78 is 0. The molecule has 5 heteroatoms. The van der Waals surface area contributed by atoms with Crippen LogP contribution < -0.4 is 16.0 Å². The number of nitrogens with one attached hydrogen (secondary N) is 1. The fourth-order valence-electron chi connectivity index (χ4n) is 1.40. The Hall–Kier alpha value is -1.78. The quantitative estimate of drug-likeness (QED) is 0.766. The van der Waals surface area contributed by atoms with E-state index in [-0.39, 0.29) is 5.91 Å². The van der Waals surface area contributed by atoms with Gasteiger partial charge in [0.15, 0.2) is 0 Å². The van der Waals surface area contributed by atoms with E-state index in [0.29, 0.717) is 18.9 Å². The number of carbonyl (C=O) groups excluding carboxylic acids is 1. The Morgan fingerprint density at radius 2 is 2.25 bits per heavy atom. The van der Waals surface area contributed by atoms with E-state index in [1.165, 1.54) is 0 Å². The van der Waals surface area contributed by atoms with Gasteiger partial charge in [-0.05, 0) is 26.0 Å². The van der Waals surface area contributed by atoms with Crippen molar-refractivity contribution in [2.24, 2.45) is 0 Å². The van der Waals surface area contributed by atoms with E-state index >= 15 is 0 Å². The summed E-state index contributed by atoms with van der Waals surface area (Å²) >= 11 is 0. The van der Waals surface area contributed by atoms with Crippen LogP contribution in [-0.2, 0) is 4.79 Å². The van der Waals surface area contributed by atoms with Crippen LogP contribution in [0.3, 0.4) is 0 Å².